The number of halogens is 2. The third-order valence-electron chi connectivity index (χ3n) is 4.55. The van der Waals surface area contributed by atoms with E-state index in [9.17, 15) is 9.59 Å². The molecule has 0 heterocycles. The molecular weight excluding hydrogens is 467 g/mol. The van der Waals surface area contributed by atoms with Crippen LogP contribution in [0.3, 0.4) is 0 Å². The molecule has 3 aromatic carbocycles. The van der Waals surface area contributed by atoms with Crippen LogP contribution in [-0.2, 0) is 4.79 Å². The number of benzene rings is 3. The van der Waals surface area contributed by atoms with Crippen molar-refractivity contribution in [2.45, 2.75) is 23.5 Å². The Hall–Kier alpha value is -2.67. The van der Waals surface area contributed by atoms with Gasteiger partial charge in [-0.05, 0) is 61.0 Å². The van der Waals surface area contributed by atoms with Crippen molar-refractivity contribution in [2.24, 2.45) is 0 Å². The Bertz CT molecular complexity index is 1120. The Balaban J connectivity index is 1.68. The van der Waals surface area contributed by atoms with Crippen LogP contribution in [0.4, 0.5) is 11.4 Å². The van der Waals surface area contributed by atoms with Gasteiger partial charge in [-0.3, -0.25) is 9.59 Å². The normalized spacial score (nSPS) is 11.5. The van der Waals surface area contributed by atoms with Crippen molar-refractivity contribution in [3.05, 3.63) is 82.3 Å². The zero-order valence-corrected chi connectivity index (χ0v) is 19.9. The van der Waals surface area contributed by atoms with Crippen LogP contribution >= 0.6 is 35.0 Å². The second kappa shape index (κ2) is 11.3. The van der Waals surface area contributed by atoms with Crippen LogP contribution in [0.1, 0.15) is 23.7 Å². The first kappa shape index (κ1) is 24.0. The van der Waals surface area contributed by atoms with Crippen LogP contribution < -0.4 is 15.4 Å². The van der Waals surface area contributed by atoms with Gasteiger partial charge in [0.05, 0.1) is 23.1 Å². The average Bonchev–Trinajstić information content (AvgIpc) is 2.80. The fourth-order valence-electron chi connectivity index (χ4n) is 2.91. The summed E-state index contributed by atoms with van der Waals surface area (Å²) in [7, 11) is 1.55. The van der Waals surface area contributed by atoms with Crippen LogP contribution in [0, 0.1) is 0 Å². The summed E-state index contributed by atoms with van der Waals surface area (Å²) in [6.45, 7) is 1.94. The summed E-state index contributed by atoms with van der Waals surface area (Å²) in [5.74, 6) is 0.192. The van der Waals surface area contributed by atoms with Crippen molar-refractivity contribution in [1.29, 1.82) is 0 Å². The molecule has 0 saturated carbocycles. The van der Waals surface area contributed by atoms with Crippen molar-refractivity contribution in [3.8, 4) is 5.75 Å². The Morgan fingerprint density at radius 1 is 1.00 bits per heavy atom. The lowest BCUT2D eigenvalue weighted by Gasteiger charge is -2.16. The molecule has 0 aliphatic carbocycles. The van der Waals surface area contributed by atoms with Crippen LogP contribution in [0.2, 0.25) is 10.0 Å². The van der Waals surface area contributed by atoms with E-state index in [0.29, 0.717) is 39.2 Å². The van der Waals surface area contributed by atoms with Gasteiger partial charge in [-0.2, -0.15) is 0 Å². The van der Waals surface area contributed by atoms with Crippen LogP contribution in [0.25, 0.3) is 0 Å². The number of anilines is 2. The molecule has 32 heavy (non-hydrogen) atoms. The zero-order valence-electron chi connectivity index (χ0n) is 17.5. The summed E-state index contributed by atoms with van der Waals surface area (Å²) in [4.78, 5) is 26.2. The number of amides is 2. The van der Waals surface area contributed by atoms with Crippen LogP contribution in [0.5, 0.6) is 5.75 Å². The molecule has 8 heteroatoms. The van der Waals surface area contributed by atoms with Gasteiger partial charge in [-0.15, -0.1) is 11.8 Å². The summed E-state index contributed by atoms with van der Waals surface area (Å²) in [6, 6.07) is 19.2. The Morgan fingerprint density at radius 3 is 2.53 bits per heavy atom. The lowest BCUT2D eigenvalue weighted by Crippen LogP contribution is -2.24. The maximum Gasteiger partial charge on any atom is 0.255 e. The molecule has 2 amide bonds. The minimum atomic E-state index is -0.352. The van der Waals surface area contributed by atoms with Gasteiger partial charge >= 0.3 is 0 Å². The summed E-state index contributed by atoms with van der Waals surface area (Å²) >= 11 is 13.6. The highest BCUT2D eigenvalue weighted by Gasteiger charge is 2.19. The molecule has 0 saturated heterocycles. The van der Waals surface area contributed by atoms with E-state index < -0.39 is 0 Å². The third-order valence-corrected chi connectivity index (χ3v) is 6.47. The molecule has 3 aromatic rings. The first-order valence-electron chi connectivity index (χ1n) is 9.87. The van der Waals surface area contributed by atoms with Gasteiger partial charge in [-0.1, -0.05) is 42.3 Å². The van der Waals surface area contributed by atoms with E-state index in [4.69, 9.17) is 27.9 Å². The number of nitrogens with one attached hydrogen (secondary N) is 2. The molecule has 0 aromatic heterocycles. The van der Waals surface area contributed by atoms with Crippen molar-refractivity contribution in [3.63, 3.8) is 0 Å². The number of ether oxygens (including phenoxy) is 1. The maximum absolute atomic E-state index is 12.8. The molecule has 1 unspecified atom stereocenters. The fourth-order valence-corrected chi connectivity index (χ4v) is 4.26. The predicted octanol–water partition coefficient (Wildman–Crippen LogP) is 6.76. The molecule has 166 valence electrons. The first-order chi connectivity index (χ1) is 15.4. The highest BCUT2D eigenvalue weighted by Crippen LogP contribution is 2.31. The lowest BCUT2D eigenvalue weighted by atomic mass is 10.2. The van der Waals surface area contributed by atoms with Gasteiger partial charge < -0.3 is 15.4 Å². The molecule has 0 aliphatic heterocycles. The molecule has 2 N–H and O–H groups in total. The van der Waals surface area contributed by atoms with Crippen molar-refractivity contribution >= 4 is 58.2 Å². The summed E-state index contributed by atoms with van der Waals surface area (Å²) in [5.41, 5.74) is 1.60. The van der Waals surface area contributed by atoms with E-state index in [0.717, 1.165) is 4.90 Å². The van der Waals surface area contributed by atoms with E-state index in [1.54, 1.807) is 55.6 Å². The highest BCUT2D eigenvalue weighted by atomic mass is 35.5. The average molecular weight is 489 g/mol. The quantitative estimate of drug-likeness (QED) is 0.343. The number of hydrogen-bond acceptors (Lipinski definition) is 4. The smallest absolute Gasteiger partial charge is 0.255 e. The number of thioether (sulfide) groups is 1. The molecule has 1 atom stereocenters. The lowest BCUT2D eigenvalue weighted by molar-refractivity contribution is -0.115. The van der Waals surface area contributed by atoms with Gasteiger partial charge in [0, 0.05) is 21.2 Å². The molecule has 0 aliphatic rings. The molecule has 3 rings (SSSR count). The summed E-state index contributed by atoms with van der Waals surface area (Å²) in [6.07, 6.45) is 0.606. The Kier molecular flexibility index (Phi) is 8.45. The van der Waals surface area contributed by atoms with Crippen LogP contribution in [0.15, 0.2) is 71.6 Å². The second-order valence-electron chi connectivity index (χ2n) is 6.84. The monoisotopic (exact) mass is 488 g/mol. The number of carbonyl (C=O) groups is 2. The van der Waals surface area contributed by atoms with Gasteiger partial charge in [-0.25, -0.2) is 0 Å². The number of carbonyl (C=O) groups excluding carboxylic acids is 2. The van der Waals surface area contributed by atoms with Gasteiger partial charge in [0.2, 0.25) is 5.91 Å². The SMILES string of the molecule is CCC(Sc1cccc(NC(=O)c2cccc(OC)c2)c1)C(=O)Nc1cc(Cl)ccc1Cl. The molecule has 0 bridgehead atoms. The maximum atomic E-state index is 12.8. The van der Waals surface area contributed by atoms with E-state index in [1.807, 2.05) is 25.1 Å². The first-order valence-corrected chi connectivity index (χ1v) is 11.5. The Labute approximate surface area is 201 Å². The van der Waals surface area contributed by atoms with E-state index in [1.165, 1.54) is 11.8 Å². The predicted molar refractivity (Wildman–Crippen MR) is 132 cm³/mol. The number of methoxy groups -OCH3 is 1. The van der Waals surface area contributed by atoms with Crippen LogP contribution in [-0.4, -0.2) is 24.2 Å². The standard InChI is InChI=1S/C24H22Cl2N2O3S/c1-3-22(24(30)28-21-13-16(25)10-11-20(21)26)32-19-9-5-7-17(14-19)27-23(29)15-6-4-8-18(12-15)31-2/h4-14,22H,3H2,1-2H3,(H,27,29)(H,28,30). The fraction of sp³-hybridized carbons (Fsp3) is 0.167. The van der Waals surface area contributed by atoms with Gasteiger partial charge in [0.15, 0.2) is 0 Å². The van der Waals surface area contributed by atoms with E-state index in [2.05, 4.69) is 10.6 Å². The largest absolute Gasteiger partial charge is 0.497 e. The second-order valence-corrected chi connectivity index (χ2v) is 8.96. The highest BCUT2D eigenvalue weighted by molar-refractivity contribution is 8.00. The molecule has 0 fully saturated rings. The number of rotatable bonds is 8. The molecule has 5 nitrogen and oxygen atoms in total. The molecular formula is C24H22Cl2N2O3S. The topological polar surface area (TPSA) is 67.4 Å². The zero-order chi connectivity index (χ0) is 23.1. The van der Waals surface area contributed by atoms with Gasteiger partial charge in [0.1, 0.15) is 5.75 Å². The third kappa shape index (κ3) is 6.42. The minimum absolute atomic E-state index is 0.174. The van der Waals surface area contributed by atoms with Crippen molar-refractivity contribution in [2.75, 3.05) is 17.7 Å². The Morgan fingerprint density at radius 2 is 1.78 bits per heavy atom. The summed E-state index contributed by atoms with van der Waals surface area (Å²) < 4.78 is 5.17. The van der Waals surface area contributed by atoms with Gasteiger partial charge in [0.25, 0.3) is 5.91 Å². The minimum Gasteiger partial charge on any atom is -0.497 e. The molecule has 0 radical (unpaired) electrons. The van der Waals surface area contributed by atoms with Crippen molar-refractivity contribution in [1.82, 2.24) is 0 Å². The summed E-state index contributed by atoms with van der Waals surface area (Å²) in [5, 5.41) is 6.29. The molecule has 0 spiro atoms. The number of hydrogen-bond donors (Lipinski definition) is 2. The van der Waals surface area contributed by atoms with E-state index in [-0.39, 0.29) is 17.1 Å². The van der Waals surface area contributed by atoms with Crippen molar-refractivity contribution < 1.29 is 14.3 Å². The van der Waals surface area contributed by atoms with E-state index >= 15 is 0 Å².